The van der Waals surface area contributed by atoms with E-state index < -0.39 is 17.5 Å². The highest BCUT2D eigenvalue weighted by Crippen LogP contribution is 2.37. The molecule has 7 heteroatoms. The zero-order valence-corrected chi connectivity index (χ0v) is 18.3. The molecule has 0 spiro atoms. The number of esters is 1. The first-order chi connectivity index (χ1) is 15.4. The lowest BCUT2D eigenvalue weighted by Gasteiger charge is -2.20. The summed E-state index contributed by atoms with van der Waals surface area (Å²) >= 11 is 0. The van der Waals surface area contributed by atoms with E-state index in [0.29, 0.717) is 24.3 Å². The lowest BCUT2D eigenvalue weighted by molar-refractivity contribution is -0.140. The Balaban J connectivity index is 1.89. The van der Waals surface area contributed by atoms with Crippen LogP contribution in [0.25, 0.3) is 0 Å². The van der Waals surface area contributed by atoms with E-state index in [1.165, 1.54) is 13.2 Å². The standard InChI is InChI=1S/C25H26O7/c1-16-14-21(26)24(25(28)32-16)20(15-23(27)30-3)19-6-4-5-7-22(19)31-13-12-17-8-10-18(29-2)11-9-17/h4-11,14,20,26H,12-13,15H2,1-3H3/t20-/m0/s1. The van der Waals surface area contributed by atoms with Gasteiger partial charge in [-0.3, -0.25) is 4.79 Å². The van der Waals surface area contributed by atoms with Crippen molar-refractivity contribution in [2.75, 3.05) is 20.8 Å². The predicted molar refractivity (Wildman–Crippen MR) is 118 cm³/mol. The number of carbonyl (C=O) groups is 1. The van der Waals surface area contributed by atoms with Crippen molar-refractivity contribution in [3.05, 3.63) is 87.5 Å². The van der Waals surface area contributed by atoms with Crippen LogP contribution in [-0.2, 0) is 16.0 Å². The number of carbonyl (C=O) groups excluding carboxylic acids is 1. The SMILES string of the molecule is COC(=O)C[C@@H](c1ccccc1OCCc1ccc(OC)cc1)c1c(O)cc(C)oc1=O. The Morgan fingerprint density at radius 3 is 2.47 bits per heavy atom. The van der Waals surface area contributed by atoms with Gasteiger partial charge in [0.1, 0.15) is 23.0 Å². The zero-order chi connectivity index (χ0) is 23.1. The van der Waals surface area contributed by atoms with Gasteiger partial charge < -0.3 is 23.7 Å². The highest BCUT2D eigenvalue weighted by molar-refractivity contribution is 5.72. The molecule has 2 aromatic carbocycles. The summed E-state index contributed by atoms with van der Waals surface area (Å²) in [6, 6.07) is 16.2. The molecule has 0 amide bonds. The Morgan fingerprint density at radius 1 is 1.09 bits per heavy atom. The van der Waals surface area contributed by atoms with Crippen LogP contribution in [-0.4, -0.2) is 31.9 Å². The maximum Gasteiger partial charge on any atom is 0.343 e. The molecule has 0 bridgehead atoms. The Hall–Kier alpha value is -3.74. The average molecular weight is 438 g/mol. The van der Waals surface area contributed by atoms with Crippen molar-refractivity contribution in [3.8, 4) is 17.2 Å². The molecule has 1 N–H and O–H groups in total. The second-order valence-electron chi connectivity index (χ2n) is 7.26. The third-order valence-corrected chi connectivity index (χ3v) is 5.14. The molecule has 1 atom stereocenters. The molecule has 0 saturated heterocycles. The van der Waals surface area contributed by atoms with Crippen LogP contribution in [0.15, 0.2) is 63.8 Å². The number of methoxy groups -OCH3 is 2. The van der Waals surface area contributed by atoms with Crippen molar-refractivity contribution in [2.45, 2.75) is 25.7 Å². The molecule has 168 valence electrons. The van der Waals surface area contributed by atoms with Crippen LogP contribution in [0.2, 0.25) is 0 Å². The molecular weight excluding hydrogens is 412 g/mol. The number of para-hydroxylation sites is 1. The van der Waals surface area contributed by atoms with Crippen molar-refractivity contribution in [1.82, 2.24) is 0 Å². The zero-order valence-electron chi connectivity index (χ0n) is 18.3. The number of ether oxygens (including phenoxy) is 3. The lowest BCUT2D eigenvalue weighted by atomic mass is 9.88. The number of hydrogen-bond acceptors (Lipinski definition) is 7. The quantitative estimate of drug-likeness (QED) is 0.505. The van der Waals surface area contributed by atoms with Gasteiger partial charge in [-0.05, 0) is 30.7 Å². The molecule has 0 aliphatic carbocycles. The van der Waals surface area contributed by atoms with Crippen LogP contribution >= 0.6 is 0 Å². The molecule has 3 aromatic rings. The van der Waals surface area contributed by atoms with E-state index in [9.17, 15) is 14.7 Å². The maximum absolute atomic E-state index is 12.6. The van der Waals surface area contributed by atoms with Gasteiger partial charge >= 0.3 is 11.6 Å². The highest BCUT2D eigenvalue weighted by Gasteiger charge is 2.28. The van der Waals surface area contributed by atoms with Gasteiger partial charge in [0, 0.05) is 24.0 Å². The number of hydrogen-bond donors (Lipinski definition) is 1. The average Bonchev–Trinajstić information content (AvgIpc) is 2.78. The van der Waals surface area contributed by atoms with Crippen LogP contribution in [0.1, 0.15) is 34.8 Å². The van der Waals surface area contributed by atoms with Crippen LogP contribution in [0, 0.1) is 6.92 Å². The number of aryl methyl sites for hydroxylation is 1. The summed E-state index contributed by atoms with van der Waals surface area (Å²) in [7, 11) is 2.89. The van der Waals surface area contributed by atoms with E-state index in [2.05, 4.69) is 0 Å². The van der Waals surface area contributed by atoms with Gasteiger partial charge in [0.2, 0.25) is 0 Å². The van der Waals surface area contributed by atoms with Crippen molar-refractivity contribution in [1.29, 1.82) is 0 Å². The summed E-state index contributed by atoms with van der Waals surface area (Å²) in [6.07, 6.45) is 0.495. The number of rotatable bonds is 9. The second kappa shape index (κ2) is 10.5. The minimum absolute atomic E-state index is 0.00722. The Bertz CT molecular complexity index is 1120. The van der Waals surface area contributed by atoms with E-state index in [0.717, 1.165) is 11.3 Å². The van der Waals surface area contributed by atoms with E-state index in [1.807, 2.05) is 24.3 Å². The molecule has 32 heavy (non-hydrogen) atoms. The van der Waals surface area contributed by atoms with Gasteiger partial charge in [-0.1, -0.05) is 30.3 Å². The predicted octanol–water partition coefficient (Wildman–Crippen LogP) is 3.98. The molecule has 1 heterocycles. The van der Waals surface area contributed by atoms with Crippen molar-refractivity contribution < 1.29 is 28.5 Å². The summed E-state index contributed by atoms with van der Waals surface area (Å²) in [4.78, 5) is 24.7. The molecule has 0 aliphatic rings. The first kappa shape index (κ1) is 22.9. The molecule has 1 aromatic heterocycles. The van der Waals surface area contributed by atoms with E-state index in [1.54, 1.807) is 38.3 Å². The lowest BCUT2D eigenvalue weighted by Crippen LogP contribution is -2.19. The van der Waals surface area contributed by atoms with Gasteiger partial charge in [-0.25, -0.2) is 4.79 Å². The molecule has 0 aliphatic heterocycles. The minimum atomic E-state index is -0.795. The van der Waals surface area contributed by atoms with Gasteiger partial charge in [-0.2, -0.15) is 0 Å². The third kappa shape index (κ3) is 5.49. The Morgan fingerprint density at radius 2 is 1.81 bits per heavy atom. The summed E-state index contributed by atoms with van der Waals surface area (Å²) in [5.41, 5.74) is 0.946. The fraction of sp³-hybridized carbons (Fsp3) is 0.280. The normalized spacial score (nSPS) is 11.6. The smallest absolute Gasteiger partial charge is 0.343 e. The fourth-order valence-corrected chi connectivity index (χ4v) is 3.51. The summed E-state index contributed by atoms with van der Waals surface area (Å²) in [5.74, 6) is 0.00775. The van der Waals surface area contributed by atoms with Crippen LogP contribution in [0.4, 0.5) is 0 Å². The van der Waals surface area contributed by atoms with Crippen LogP contribution in [0.5, 0.6) is 17.2 Å². The Kier molecular flexibility index (Phi) is 7.54. The largest absolute Gasteiger partial charge is 0.507 e. The molecule has 3 rings (SSSR count). The molecule has 0 unspecified atom stereocenters. The second-order valence-corrected chi connectivity index (χ2v) is 7.26. The monoisotopic (exact) mass is 438 g/mol. The summed E-state index contributed by atoms with van der Waals surface area (Å²) in [6.45, 7) is 1.94. The highest BCUT2D eigenvalue weighted by atomic mass is 16.5. The first-order valence-electron chi connectivity index (χ1n) is 10.2. The topological polar surface area (TPSA) is 95.2 Å². The van der Waals surface area contributed by atoms with E-state index in [-0.39, 0.29) is 23.5 Å². The molecule has 0 radical (unpaired) electrons. The van der Waals surface area contributed by atoms with Crippen molar-refractivity contribution in [3.63, 3.8) is 0 Å². The molecule has 0 saturated carbocycles. The fourth-order valence-electron chi connectivity index (χ4n) is 3.51. The van der Waals surface area contributed by atoms with E-state index in [4.69, 9.17) is 18.6 Å². The van der Waals surface area contributed by atoms with Crippen LogP contribution in [0.3, 0.4) is 0 Å². The Labute approximate surface area is 186 Å². The third-order valence-electron chi connectivity index (χ3n) is 5.14. The number of benzene rings is 2. The molecule has 0 fully saturated rings. The maximum atomic E-state index is 12.6. The van der Waals surface area contributed by atoms with Crippen molar-refractivity contribution in [2.24, 2.45) is 0 Å². The minimum Gasteiger partial charge on any atom is -0.507 e. The first-order valence-corrected chi connectivity index (χ1v) is 10.2. The van der Waals surface area contributed by atoms with Crippen molar-refractivity contribution >= 4 is 5.97 Å². The van der Waals surface area contributed by atoms with Gasteiger partial charge in [-0.15, -0.1) is 0 Å². The molecular formula is C25H26O7. The van der Waals surface area contributed by atoms with Gasteiger partial charge in [0.15, 0.2) is 0 Å². The molecule has 7 nitrogen and oxygen atoms in total. The number of aromatic hydroxyl groups is 1. The van der Waals surface area contributed by atoms with Gasteiger partial charge in [0.25, 0.3) is 0 Å². The van der Waals surface area contributed by atoms with Crippen LogP contribution < -0.4 is 15.1 Å². The summed E-state index contributed by atoms with van der Waals surface area (Å²) in [5, 5.41) is 10.5. The summed E-state index contributed by atoms with van der Waals surface area (Å²) < 4.78 is 21.2. The van der Waals surface area contributed by atoms with E-state index >= 15 is 0 Å². The van der Waals surface area contributed by atoms with Gasteiger partial charge in [0.05, 0.1) is 32.8 Å².